The van der Waals surface area contributed by atoms with E-state index in [4.69, 9.17) is 4.74 Å². The third-order valence-electron chi connectivity index (χ3n) is 6.78. The van der Waals surface area contributed by atoms with Crippen molar-refractivity contribution in [2.24, 2.45) is 17.8 Å². The minimum absolute atomic E-state index is 0.0173. The molecule has 2 saturated heterocycles. The molecule has 0 aromatic carbocycles. The van der Waals surface area contributed by atoms with Gasteiger partial charge < -0.3 is 14.5 Å². The molecule has 4 heterocycles. The van der Waals surface area contributed by atoms with Gasteiger partial charge in [-0.15, -0.1) is 0 Å². The molecule has 1 aromatic heterocycles. The summed E-state index contributed by atoms with van der Waals surface area (Å²) in [6.07, 6.45) is 5.52. The number of amides is 2. The number of fused-ring (bicyclic) bond motifs is 1. The zero-order chi connectivity index (χ0) is 21.6. The Morgan fingerprint density at radius 2 is 2.13 bits per heavy atom. The number of likely N-dealkylation sites (tertiary alicyclic amines) is 1. The Morgan fingerprint density at radius 1 is 1.37 bits per heavy atom. The number of hydrogen-bond acceptors (Lipinski definition) is 4. The number of hydrogen-bond donors (Lipinski definition) is 0. The van der Waals surface area contributed by atoms with Gasteiger partial charge in [0.15, 0.2) is 0 Å². The fourth-order valence-corrected chi connectivity index (χ4v) is 5.19. The number of rotatable bonds is 8. The molecule has 0 saturated carbocycles. The second-order valence-electron chi connectivity index (χ2n) is 9.61. The van der Waals surface area contributed by atoms with Gasteiger partial charge in [0.2, 0.25) is 11.8 Å². The van der Waals surface area contributed by atoms with Gasteiger partial charge in [-0.25, -0.2) is 0 Å². The molecule has 3 aliphatic rings. The van der Waals surface area contributed by atoms with Gasteiger partial charge in [0.1, 0.15) is 5.60 Å². The van der Waals surface area contributed by atoms with Gasteiger partial charge in [-0.3, -0.25) is 14.3 Å². The minimum Gasteiger partial charge on any atom is -0.360 e. The smallest absolute Gasteiger partial charge is 0.230 e. The van der Waals surface area contributed by atoms with Crippen LogP contribution in [0.15, 0.2) is 18.2 Å². The standard InChI is InChI=1S/C23H34N4O3/c1-15(2)8-12-26-14-23-9-7-18(30-23)19(20(23)22(26)29)21(28)25(5)10-6-11-27-17(4)13-16(3)24-27/h7,9,13,15,18-20H,6,8,10-12,14H2,1-5H3/t18-,19-,20-,23-/m0/s1. The maximum atomic E-state index is 13.3. The van der Waals surface area contributed by atoms with Crippen LogP contribution in [0, 0.1) is 31.6 Å². The molecule has 2 bridgehead atoms. The van der Waals surface area contributed by atoms with Gasteiger partial charge in [-0.05, 0) is 38.7 Å². The van der Waals surface area contributed by atoms with Crippen LogP contribution in [-0.4, -0.2) is 69.8 Å². The van der Waals surface area contributed by atoms with Crippen LogP contribution in [0.4, 0.5) is 0 Å². The number of nitrogens with zero attached hydrogens (tertiary/aromatic N) is 4. The number of carbonyl (C=O) groups is 2. The van der Waals surface area contributed by atoms with Gasteiger partial charge in [0, 0.05) is 32.4 Å². The summed E-state index contributed by atoms with van der Waals surface area (Å²) in [4.78, 5) is 30.2. The van der Waals surface area contributed by atoms with Crippen LogP contribution in [-0.2, 0) is 20.9 Å². The van der Waals surface area contributed by atoms with Crippen LogP contribution in [0.25, 0.3) is 0 Å². The lowest BCUT2D eigenvalue weighted by Crippen LogP contribution is -2.45. The largest absolute Gasteiger partial charge is 0.360 e. The van der Waals surface area contributed by atoms with Crippen molar-refractivity contribution >= 4 is 11.8 Å². The molecule has 0 unspecified atom stereocenters. The molecule has 0 radical (unpaired) electrons. The molecular weight excluding hydrogens is 380 g/mol. The molecule has 2 fully saturated rings. The van der Waals surface area contributed by atoms with Gasteiger partial charge >= 0.3 is 0 Å². The molecule has 7 nitrogen and oxygen atoms in total. The predicted molar refractivity (Wildman–Crippen MR) is 114 cm³/mol. The first kappa shape index (κ1) is 21.1. The monoisotopic (exact) mass is 414 g/mol. The van der Waals surface area contributed by atoms with E-state index >= 15 is 0 Å². The van der Waals surface area contributed by atoms with Crippen molar-refractivity contribution in [1.29, 1.82) is 0 Å². The fourth-order valence-electron chi connectivity index (χ4n) is 5.19. The molecule has 30 heavy (non-hydrogen) atoms. The van der Waals surface area contributed by atoms with Crippen molar-refractivity contribution in [3.63, 3.8) is 0 Å². The van der Waals surface area contributed by atoms with Gasteiger partial charge in [0.25, 0.3) is 0 Å². The first-order valence-electron chi connectivity index (χ1n) is 11.1. The lowest BCUT2D eigenvalue weighted by molar-refractivity contribution is -0.142. The highest BCUT2D eigenvalue weighted by Crippen LogP contribution is 2.52. The quantitative estimate of drug-likeness (QED) is 0.612. The highest BCUT2D eigenvalue weighted by molar-refractivity contribution is 5.93. The summed E-state index contributed by atoms with van der Waals surface area (Å²) in [6, 6.07) is 2.06. The van der Waals surface area contributed by atoms with E-state index in [9.17, 15) is 9.59 Å². The highest BCUT2D eigenvalue weighted by atomic mass is 16.5. The van der Waals surface area contributed by atoms with Gasteiger partial charge in [0.05, 0.1) is 30.2 Å². The van der Waals surface area contributed by atoms with Crippen molar-refractivity contribution in [3.05, 3.63) is 29.6 Å². The zero-order valence-corrected chi connectivity index (χ0v) is 18.8. The Labute approximate surface area is 179 Å². The number of aromatic nitrogens is 2. The lowest BCUT2D eigenvalue weighted by Gasteiger charge is -2.28. The summed E-state index contributed by atoms with van der Waals surface area (Å²) in [6.45, 7) is 11.1. The van der Waals surface area contributed by atoms with Crippen molar-refractivity contribution < 1.29 is 14.3 Å². The normalized spacial score (nSPS) is 29.3. The second kappa shape index (κ2) is 7.84. The van der Waals surface area contributed by atoms with E-state index in [-0.39, 0.29) is 23.8 Å². The molecule has 1 spiro atoms. The highest BCUT2D eigenvalue weighted by Gasteiger charge is 2.66. The van der Waals surface area contributed by atoms with E-state index in [0.29, 0.717) is 19.0 Å². The summed E-state index contributed by atoms with van der Waals surface area (Å²) in [7, 11) is 1.84. The summed E-state index contributed by atoms with van der Waals surface area (Å²) in [5, 5.41) is 4.49. The number of ether oxygens (including phenoxy) is 1. The van der Waals surface area contributed by atoms with Crippen molar-refractivity contribution in [2.45, 2.75) is 58.8 Å². The van der Waals surface area contributed by atoms with Gasteiger partial charge in [-0.2, -0.15) is 5.10 Å². The minimum atomic E-state index is -0.608. The third-order valence-corrected chi connectivity index (χ3v) is 6.78. The van der Waals surface area contributed by atoms with Crippen LogP contribution >= 0.6 is 0 Å². The number of carbonyl (C=O) groups excluding carboxylic acids is 2. The SMILES string of the molecule is Cc1cc(C)n(CCCN(C)C(=O)[C@H]2[C@@H]3C=C[C@@]4(CN(CCC(C)C)C(=O)[C@H]24)O3)n1. The van der Waals surface area contributed by atoms with Crippen LogP contribution in [0.5, 0.6) is 0 Å². The van der Waals surface area contributed by atoms with Crippen LogP contribution in [0.3, 0.4) is 0 Å². The molecule has 4 atom stereocenters. The van der Waals surface area contributed by atoms with E-state index in [1.165, 1.54) is 0 Å². The van der Waals surface area contributed by atoms with Crippen molar-refractivity contribution in [3.8, 4) is 0 Å². The summed E-state index contributed by atoms with van der Waals surface area (Å²) in [5.41, 5.74) is 1.53. The Kier molecular flexibility index (Phi) is 5.51. The molecular formula is C23H34N4O3. The lowest BCUT2D eigenvalue weighted by atomic mass is 9.76. The van der Waals surface area contributed by atoms with E-state index in [2.05, 4.69) is 25.0 Å². The average Bonchev–Trinajstić information content (AvgIpc) is 3.40. The van der Waals surface area contributed by atoms with Gasteiger partial charge in [-0.1, -0.05) is 26.0 Å². The Morgan fingerprint density at radius 3 is 2.80 bits per heavy atom. The molecule has 7 heteroatoms. The predicted octanol–water partition coefficient (Wildman–Crippen LogP) is 2.18. The zero-order valence-electron chi connectivity index (χ0n) is 18.8. The summed E-state index contributed by atoms with van der Waals surface area (Å²) >= 11 is 0. The van der Waals surface area contributed by atoms with E-state index in [0.717, 1.165) is 37.3 Å². The number of aryl methyl sites for hydroxylation is 3. The maximum absolute atomic E-state index is 13.3. The van der Waals surface area contributed by atoms with Crippen molar-refractivity contribution in [1.82, 2.24) is 19.6 Å². The molecule has 4 rings (SSSR count). The first-order valence-corrected chi connectivity index (χ1v) is 11.1. The molecule has 3 aliphatic heterocycles. The third kappa shape index (κ3) is 3.57. The topological polar surface area (TPSA) is 67.7 Å². The van der Waals surface area contributed by atoms with E-state index < -0.39 is 11.5 Å². The fraction of sp³-hybridized carbons (Fsp3) is 0.696. The Balaban J connectivity index is 1.39. The maximum Gasteiger partial charge on any atom is 0.230 e. The molecule has 1 aromatic rings. The Hall–Kier alpha value is -2.15. The van der Waals surface area contributed by atoms with Crippen LogP contribution in [0.2, 0.25) is 0 Å². The summed E-state index contributed by atoms with van der Waals surface area (Å²) < 4.78 is 8.22. The van der Waals surface area contributed by atoms with E-state index in [1.807, 2.05) is 42.6 Å². The average molecular weight is 415 g/mol. The second-order valence-corrected chi connectivity index (χ2v) is 9.61. The summed E-state index contributed by atoms with van der Waals surface area (Å²) in [5.74, 6) is -0.161. The molecule has 2 amide bonds. The Bertz CT molecular complexity index is 861. The van der Waals surface area contributed by atoms with Crippen molar-refractivity contribution in [2.75, 3.05) is 26.7 Å². The van der Waals surface area contributed by atoms with E-state index in [1.54, 1.807) is 4.90 Å². The molecule has 0 N–H and O–H groups in total. The molecule has 164 valence electrons. The molecule has 0 aliphatic carbocycles. The van der Waals surface area contributed by atoms with Crippen LogP contribution < -0.4 is 0 Å². The van der Waals surface area contributed by atoms with Crippen LogP contribution in [0.1, 0.15) is 38.1 Å². The first-order chi connectivity index (χ1) is 14.2.